The van der Waals surface area contributed by atoms with Gasteiger partial charge in [-0.15, -0.1) is 0 Å². The predicted octanol–water partition coefficient (Wildman–Crippen LogP) is 3.28. The number of fused-ring (bicyclic) bond motifs is 3. The fraction of sp³-hybridized carbons (Fsp3) is 0.955. The van der Waals surface area contributed by atoms with Crippen molar-refractivity contribution in [3.8, 4) is 0 Å². The van der Waals surface area contributed by atoms with Gasteiger partial charge in [0.2, 0.25) is 0 Å². The van der Waals surface area contributed by atoms with Gasteiger partial charge in [-0.25, -0.2) is 4.79 Å². The number of ether oxygens (including phenoxy) is 5. The van der Waals surface area contributed by atoms with E-state index in [0.29, 0.717) is 31.7 Å². The Balaban J connectivity index is 1.09. The fourth-order valence-corrected chi connectivity index (χ4v) is 6.64. The van der Waals surface area contributed by atoms with Gasteiger partial charge < -0.3 is 23.7 Å². The Bertz CT molecular complexity index is 590. The van der Waals surface area contributed by atoms with Crippen molar-refractivity contribution in [2.75, 3.05) is 26.4 Å². The van der Waals surface area contributed by atoms with E-state index in [1.165, 1.54) is 19.3 Å². The second kappa shape index (κ2) is 7.22. The lowest BCUT2D eigenvalue weighted by Gasteiger charge is -2.46. The van der Waals surface area contributed by atoms with E-state index in [1.807, 2.05) is 0 Å². The average molecular weight is 395 g/mol. The molecular weight excluding hydrogens is 360 g/mol. The number of carbonyl (C=O) groups excluding carboxylic acids is 1. The molecule has 28 heavy (non-hydrogen) atoms. The van der Waals surface area contributed by atoms with Crippen LogP contribution in [-0.4, -0.2) is 50.6 Å². The lowest BCUT2D eigenvalue weighted by atomic mass is 9.66. The van der Waals surface area contributed by atoms with Gasteiger partial charge in [0.1, 0.15) is 12.7 Å². The molecule has 0 aromatic heterocycles. The molecule has 2 bridgehead atoms. The van der Waals surface area contributed by atoms with Crippen LogP contribution in [0.25, 0.3) is 0 Å². The van der Waals surface area contributed by atoms with Crippen LogP contribution in [0.2, 0.25) is 0 Å². The van der Waals surface area contributed by atoms with Gasteiger partial charge in [-0.1, -0.05) is 20.3 Å². The Labute approximate surface area is 167 Å². The highest BCUT2D eigenvalue weighted by atomic mass is 16.8. The standard InChI is InChI=1S/C22H34O6/c1-14-15(2)18-8-16(14)9-21(18)12-25-20(26-13-21)19(23)24-10-17-11-27-22(28-17)6-4-3-5-7-22/h14-18,20H,3-13H2,1-2H3. The SMILES string of the molecule is CC1C2CC(C1C)C1(COC(C(=O)OCC3COC4(CCCCC4)O3)OC1)C2. The normalized spacial score (nSPS) is 47.1. The molecule has 2 heterocycles. The zero-order valence-electron chi connectivity index (χ0n) is 17.2. The van der Waals surface area contributed by atoms with Gasteiger partial charge in [-0.3, -0.25) is 0 Å². The first-order valence-electron chi connectivity index (χ1n) is 11.2. The quantitative estimate of drug-likeness (QED) is 0.685. The topological polar surface area (TPSA) is 63.2 Å². The number of hydrogen-bond donors (Lipinski definition) is 0. The van der Waals surface area contributed by atoms with Crippen LogP contribution >= 0.6 is 0 Å². The van der Waals surface area contributed by atoms with Crippen LogP contribution in [-0.2, 0) is 28.5 Å². The van der Waals surface area contributed by atoms with Gasteiger partial charge in [-0.05, 0) is 49.4 Å². The first-order chi connectivity index (χ1) is 13.5. The highest BCUT2D eigenvalue weighted by molar-refractivity contribution is 5.73. The third-order valence-electron chi connectivity index (χ3n) is 8.40. The van der Waals surface area contributed by atoms with Crippen molar-refractivity contribution in [1.29, 1.82) is 0 Å². The summed E-state index contributed by atoms with van der Waals surface area (Å²) in [5.41, 5.74) is 0.100. The lowest BCUT2D eigenvalue weighted by molar-refractivity contribution is -0.252. The molecule has 3 aliphatic carbocycles. The van der Waals surface area contributed by atoms with Crippen molar-refractivity contribution in [3.05, 3.63) is 0 Å². The summed E-state index contributed by atoms with van der Waals surface area (Å²) in [7, 11) is 0. The Morgan fingerprint density at radius 2 is 1.82 bits per heavy atom. The molecule has 6 nitrogen and oxygen atoms in total. The summed E-state index contributed by atoms with van der Waals surface area (Å²) in [5.74, 6) is 2.06. The zero-order valence-corrected chi connectivity index (χ0v) is 17.2. The highest BCUT2D eigenvalue weighted by Gasteiger charge is 2.59. The van der Waals surface area contributed by atoms with Crippen LogP contribution in [0.5, 0.6) is 0 Å². The van der Waals surface area contributed by atoms with Gasteiger partial charge in [0, 0.05) is 18.3 Å². The number of rotatable bonds is 3. The molecule has 2 saturated heterocycles. The molecule has 5 aliphatic rings. The molecule has 3 saturated carbocycles. The summed E-state index contributed by atoms with van der Waals surface area (Å²) < 4.78 is 29.2. The second-order valence-corrected chi connectivity index (χ2v) is 9.99. The molecule has 5 unspecified atom stereocenters. The van der Waals surface area contributed by atoms with E-state index in [2.05, 4.69) is 13.8 Å². The average Bonchev–Trinajstić information content (AvgIpc) is 3.35. The van der Waals surface area contributed by atoms with Crippen LogP contribution in [0.4, 0.5) is 0 Å². The summed E-state index contributed by atoms with van der Waals surface area (Å²) in [6.45, 7) is 6.64. The first kappa shape index (κ1) is 19.3. The van der Waals surface area contributed by atoms with E-state index in [0.717, 1.165) is 37.5 Å². The summed E-state index contributed by atoms with van der Waals surface area (Å²) >= 11 is 0. The van der Waals surface area contributed by atoms with E-state index in [9.17, 15) is 4.79 Å². The Hall–Kier alpha value is -0.690. The molecule has 0 aromatic carbocycles. The van der Waals surface area contributed by atoms with Crippen molar-refractivity contribution in [2.45, 2.75) is 77.0 Å². The van der Waals surface area contributed by atoms with E-state index in [-0.39, 0.29) is 18.1 Å². The van der Waals surface area contributed by atoms with Crippen molar-refractivity contribution in [1.82, 2.24) is 0 Å². The summed E-state index contributed by atoms with van der Waals surface area (Å²) in [6.07, 6.45) is 6.75. The highest BCUT2D eigenvalue weighted by Crippen LogP contribution is 2.62. The first-order valence-corrected chi connectivity index (χ1v) is 11.2. The molecule has 0 aromatic rings. The van der Waals surface area contributed by atoms with Crippen LogP contribution < -0.4 is 0 Å². The van der Waals surface area contributed by atoms with Crippen LogP contribution in [0.1, 0.15) is 58.8 Å². The smallest absolute Gasteiger partial charge is 0.363 e. The Morgan fingerprint density at radius 3 is 2.50 bits per heavy atom. The van der Waals surface area contributed by atoms with Gasteiger partial charge in [0.15, 0.2) is 5.79 Å². The van der Waals surface area contributed by atoms with Crippen LogP contribution in [0.3, 0.4) is 0 Å². The van der Waals surface area contributed by atoms with Gasteiger partial charge >= 0.3 is 5.97 Å². The molecule has 0 radical (unpaired) electrons. The van der Waals surface area contributed by atoms with Crippen molar-refractivity contribution >= 4 is 5.97 Å². The Kier molecular flexibility index (Phi) is 4.97. The molecule has 5 fully saturated rings. The van der Waals surface area contributed by atoms with E-state index < -0.39 is 18.0 Å². The number of esters is 1. The summed E-state index contributed by atoms with van der Waals surface area (Å²) in [4.78, 5) is 12.4. The van der Waals surface area contributed by atoms with Crippen molar-refractivity contribution in [3.63, 3.8) is 0 Å². The van der Waals surface area contributed by atoms with E-state index in [1.54, 1.807) is 0 Å². The van der Waals surface area contributed by atoms with Crippen molar-refractivity contribution in [2.24, 2.45) is 29.1 Å². The molecule has 0 N–H and O–H groups in total. The predicted molar refractivity (Wildman–Crippen MR) is 100 cm³/mol. The monoisotopic (exact) mass is 394 g/mol. The van der Waals surface area contributed by atoms with Crippen LogP contribution in [0, 0.1) is 29.1 Å². The van der Waals surface area contributed by atoms with Gasteiger partial charge in [0.05, 0.1) is 19.8 Å². The maximum Gasteiger partial charge on any atom is 0.363 e. The molecular formula is C22H34O6. The fourth-order valence-electron chi connectivity index (χ4n) is 6.64. The third-order valence-corrected chi connectivity index (χ3v) is 8.40. The minimum Gasteiger partial charge on any atom is -0.459 e. The minimum absolute atomic E-state index is 0.100. The summed E-state index contributed by atoms with van der Waals surface area (Å²) in [5, 5.41) is 0. The van der Waals surface area contributed by atoms with Gasteiger partial charge in [-0.2, -0.15) is 0 Å². The molecule has 2 spiro atoms. The van der Waals surface area contributed by atoms with Crippen molar-refractivity contribution < 1.29 is 28.5 Å². The maximum absolute atomic E-state index is 12.4. The molecule has 5 rings (SSSR count). The Morgan fingerprint density at radius 1 is 1.07 bits per heavy atom. The lowest BCUT2D eigenvalue weighted by Crippen LogP contribution is -2.50. The minimum atomic E-state index is -0.900. The largest absolute Gasteiger partial charge is 0.459 e. The molecule has 0 amide bonds. The van der Waals surface area contributed by atoms with E-state index >= 15 is 0 Å². The molecule has 158 valence electrons. The number of hydrogen-bond acceptors (Lipinski definition) is 6. The molecule has 2 aliphatic heterocycles. The maximum atomic E-state index is 12.4. The third kappa shape index (κ3) is 3.21. The number of carbonyl (C=O) groups is 1. The molecule has 6 heteroatoms. The van der Waals surface area contributed by atoms with E-state index in [4.69, 9.17) is 23.7 Å². The second-order valence-electron chi connectivity index (χ2n) is 9.99. The van der Waals surface area contributed by atoms with Crippen LogP contribution in [0.15, 0.2) is 0 Å². The summed E-state index contributed by atoms with van der Waals surface area (Å²) in [6, 6.07) is 0. The molecule has 5 atom stereocenters. The van der Waals surface area contributed by atoms with Gasteiger partial charge in [0.25, 0.3) is 6.29 Å². The zero-order chi connectivity index (χ0) is 19.4.